The molecule has 0 aliphatic rings. The largest absolute Gasteiger partial charge is 0.480 e. The molecule has 0 spiro atoms. The number of hydrogen-bond donors (Lipinski definition) is 2. The van der Waals surface area contributed by atoms with E-state index in [9.17, 15) is 9.59 Å². The highest BCUT2D eigenvalue weighted by molar-refractivity contribution is 6.30. The summed E-state index contributed by atoms with van der Waals surface area (Å²) in [6, 6.07) is 6.07. The lowest BCUT2D eigenvalue weighted by Gasteiger charge is -2.21. The zero-order chi connectivity index (χ0) is 15.0. The Morgan fingerprint density at radius 3 is 2.45 bits per heavy atom. The van der Waals surface area contributed by atoms with Crippen LogP contribution in [0.5, 0.6) is 0 Å². The van der Waals surface area contributed by atoms with Gasteiger partial charge in [0.1, 0.15) is 6.54 Å². The predicted molar refractivity (Wildman–Crippen MR) is 79.4 cm³/mol. The topological polar surface area (TPSA) is 69.6 Å². The Kier molecular flexibility index (Phi) is 6.87. The molecule has 0 aliphatic carbocycles. The van der Waals surface area contributed by atoms with E-state index in [2.05, 4.69) is 12.2 Å². The minimum atomic E-state index is -1.07. The van der Waals surface area contributed by atoms with Gasteiger partial charge in [-0.15, -0.1) is 0 Å². The first-order valence-electron chi connectivity index (χ1n) is 6.57. The number of carbonyl (C=O) groups is 2. The van der Waals surface area contributed by atoms with Crippen LogP contribution in [0.2, 0.25) is 5.02 Å². The fraction of sp³-hybridized carbons (Fsp3) is 0.429. The fourth-order valence-corrected chi connectivity index (χ4v) is 1.83. The summed E-state index contributed by atoms with van der Waals surface area (Å²) in [5.74, 6) is -1.07. The van der Waals surface area contributed by atoms with Gasteiger partial charge in [0.25, 0.3) is 0 Å². The number of carboxylic acids is 1. The number of nitrogens with zero attached hydrogens (tertiary/aromatic N) is 1. The Bertz CT molecular complexity index is 448. The molecule has 0 atom stereocenters. The Labute approximate surface area is 123 Å². The lowest BCUT2D eigenvalue weighted by atomic mass is 10.2. The monoisotopic (exact) mass is 298 g/mol. The van der Waals surface area contributed by atoms with Gasteiger partial charge in [-0.25, -0.2) is 4.79 Å². The van der Waals surface area contributed by atoms with Gasteiger partial charge < -0.3 is 10.4 Å². The van der Waals surface area contributed by atoms with Crippen LogP contribution in [0.15, 0.2) is 24.3 Å². The second-order valence-electron chi connectivity index (χ2n) is 4.40. The molecular formula is C14H19ClN2O3. The second-order valence-corrected chi connectivity index (χ2v) is 4.83. The molecule has 1 rings (SSSR count). The molecule has 1 aromatic carbocycles. The van der Waals surface area contributed by atoms with Crippen molar-refractivity contribution in [2.75, 3.05) is 18.0 Å². The average Bonchev–Trinajstić information content (AvgIpc) is 2.42. The summed E-state index contributed by atoms with van der Waals surface area (Å²) < 4.78 is 0. The second kappa shape index (κ2) is 8.43. The van der Waals surface area contributed by atoms with E-state index in [1.807, 2.05) is 0 Å². The van der Waals surface area contributed by atoms with Gasteiger partial charge in [-0.3, -0.25) is 9.69 Å². The normalized spacial score (nSPS) is 10.1. The number of hydrogen-bond acceptors (Lipinski definition) is 2. The van der Waals surface area contributed by atoms with E-state index < -0.39 is 12.0 Å². The van der Waals surface area contributed by atoms with Crippen molar-refractivity contribution in [2.45, 2.75) is 26.2 Å². The highest BCUT2D eigenvalue weighted by Gasteiger charge is 2.18. The fourth-order valence-electron chi connectivity index (χ4n) is 1.70. The molecule has 0 aromatic heterocycles. The van der Waals surface area contributed by atoms with Gasteiger partial charge in [-0.05, 0) is 30.7 Å². The molecule has 2 amide bonds. The molecule has 0 bridgehead atoms. The molecule has 0 aliphatic heterocycles. The Balaban J connectivity index is 2.70. The maximum absolute atomic E-state index is 12.0. The maximum Gasteiger partial charge on any atom is 0.323 e. The van der Waals surface area contributed by atoms with E-state index in [-0.39, 0.29) is 6.54 Å². The van der Waals surface area contributed by atoms with Crippen molar-refractivity contribution >= 4 is 29.3 Å². The number of unbranched alkanes of at least 4 members (excludes halogenated alkanes) is 2. The van der Waals surface area contributed by atoms with Crippen LogP contribution in [0, 0.1) is 0 Å². The molecule has 0 saturated carbocycles. The summed E-state index contributed by atoms with van der Waals surface area (Å²) in [6.45, 7) is 2.23. The molecular weight excluding hydrogens is 280 g/mol. The first-order chi connectivity index (χ1) is 9.54. The molecule has 0 saturated heterocycles. The first-order valence-corrected chi connectivity index (χ1v) is 6.95. The first kappa shape index (κ1) is 16.3. The molecule has 2 N–H and O–H groups in total. The molecule has 5 nitrogen and oxygen atoms in total. The van der Waals surface area contributed by atoms with Crippen LogP contribution in [0.1, 0.15) is 26.2 Å². The minimum Gasteiger partial charge on any atom is -0.480 e. The van der Waals surface area contributed by atoms with Gasteiger partial charge in [0.15, 0.2) is 0 Å². The average molecular weight is 299 g/mol. The van der Waals surface area contributed by atoms with Crippen molar-refractivity contribution in [2.24, 2.45) is 0 Å². The predicted octanol–water partition coefficient (Wildman–Crippen LogP) is 3.13. The number of anilines is 1. The van der Waals surface area contributed by atoms with Crippen LogP contribution in [-0.4, -0.2) is 30.2 Å². The van der Waals surface area contributed by atoms with E-state index in [1.54, 1.807) is 24.3 Å². The van der Waals surface area contributed by atoms with Crippen molar-refractivity contribution in [3.8, 4) is 0 Å². The summed E-state index contributed by atoms with van der Waals surface area (Å²) in [5.41, 5.74) is 0.504. The van der Waals surface area contributed by atoms with Gasteiger partial charge in [0.05, 0.1) is 0 Å². The van der Waals surface area contributed by atoms with Crippen LogP contribution in [-0.2, 0) is 4.79 Å². The third-order valence-corrected chi connectivity index (χ3v) is 2.99. The molecule has 6 heteroatoms. The number of carbonyl (C=O) groups excluding carboxylic acids is 1. The highest BCUT2D eigenvalue weighted by Crippen LogP contribution is 2.18. The van der Waals surface area contributed by atoms with Crippen molar-refractivity contribution in [3.63, 3.8) is 0 Å². The van der Waals surface area contributed by atoms with Crippen LogP contribution < -0.4 is 10.2 Å². The van der Waals surface area contributed by atoms with E-state index >= 15 is 0 Å². The van der Waals surface area contributed by atoms with E-state index in [4.69, 9.17) is 16.7 Å². The number of benzene rings is 1. The number of carboxylic acid groups (broad SMARTS) is 1. The summed E-state index contributed by atoms with van der Waals surface area (Å²) in [4.78, 5) is 24.1. The number of halogens is 1. The van der Waals surface area contributed by atoms with Gasteiger partial charge in [-0.1, -0.05) is 31.4 Å². The number of aliphatic carboxylic acids is 1. The molecule has 20 heavy (non-hydrogen) atoms. The smallest absolute Gasteiger partial charge is 0.323 e. The van der Waals surface area contributed by atoms with Gasteiger partial charge in [0, 0.05) is 17.3 Å². The highest BCUT2D eigenvalue weighted by atomic mass is 35.5. The van der Waals surface area contributed by atoms with Crippen molar-refractivity contribution < 1.29 is 14.7 Å². The van der Waals surface area contributed by atoms with Crippen molar-refractivity contribution in [3.05, 3.63) is 29.3 Å². The Morgan fingerprint density at radius 1 is 1.25 bits per heavy atom. The lowest BCUT2D eigenvalue weighted by molar-refractivity contribution is -0.135. The van der Waals surface area contributed by atoms with Crippen LogP contribution >= 0.6 is 11.6 Å². The number of rotatable bonds is 7. The molecule has 110 valence electrons. The standard InChI is InChI=1S/C14H19ClN2O3/c1-2-3-4-9-16-14(20)17(10-13(18)19)12-7-5-11(15)6-8-12/h5-8H,2-4,9-10H2,1H3,(H,16,20)(H,18,19). The number of urea groups is 1. The van der Waals surface area contributed by atoms with E-state index in [0.29, 0.717) is 17.3 Å². The van der Waals surface area contributed by atoms with Crippen LogP contribution in [0.3, 0.4) is 0 Å². The third-order valence-electron chi connectivity index (χ3n) is 2.73. The summed E-state index contributed by atoms with van der Waals surface area (Å²) in [7, 11) is 0. The number of amides is 2. The Hall–Kier alpha value is -1.75. The molecule has 1 aromatic rings. The summed E-state index contributed by atoms with van der Waals surface area (Å²) in [6.07, 6.45) is 2.97. The maximum atomic E-state index is 12.0. The van der Waals surface area contributed by atoms with Crippen LogP contribution in [0.4, 0.5) is 10.5 Å². The quantitative estimate of drug-likeness (QED) is 0.760. The molecule has 0 fully saturated rings. The third kappa shape index (κ3) is 5.48. The van der Waals surface area contributed by atoms with Gasteiger partial charge in [-0.2, -0.15) is 0 Å². The lowest BCUT2D eigenvalue weighted by Crippen LogP contribution is -2.43. The van der Waals surface area contributed by atoms with Crippen molar-refractivity contribution in [1.82, 2.24) is 5.32 Å². The summed E-state index contributed by atoms with van der Waals surface area (Å²) in [5, 5.41) is 12.2. The zero-order valence-corrected chi connectivity index (χ0v) is 12.2. The molecule has 0 radical (unpaired) electrons. The summed E-state index contributed by atoms with van der Waals surface area (Å²) >= 11 is 5.78. The minimum absolute atomic E-state index is 0.388. The van der Waals surface area contributed by atoms with E-state index in [1.165, 1.54) is 4.90 Å². The SMILES string of the molecule is CCCCCNC(=O)N(CC(=O)O)c1ccc(Cl)cc1. The van der Waals surface area contributed by atoms with Gasteiger partial charge in [0.2, 0.25) is 0 Å². The van der Waals surface area contributed by atoms with Gasteiger partial charge >= 0.3 is 12.0 Å². The zero-order valence-electron chi connectivity index (χ0n) is 11.4. The molecule has 0 heterocycles. The molecule has 0 unspecified atom stereocenters. The number of nitrogens with one attached hydrogen (secondary N) is 1. The Morgan fingerprint density at radius 2 is 1.90 bits per heavy atom. The van der Waals surface area contributed by atoms with E-state index in [0.717, 1.165) is 19.3 Å². The van der Waals surface area contributed by atoms with Crippen molar-refractivity contribution in [1.29, 1.82) is 0 Å². The van der Waals surface area contributed by atoms with Crippen LogP contribution in [0.25, 0.3) is 0 Å².